The van der Waals surface area contributed by atoms with Crippen molar-refractivity contribution >= 4 is 31.9 Å². The number of hydrogen-bond acceptors (Lipinski definition) is 1. The van der Waals surface area contributed by atoms with Crippen LogP contribution in [0.4, 0.5) is 0 Å². The van der Waals surface area contributed by atoms with Crippen LogP contribution in [-0.4, -0.2) is 5.33 Å². The van der Waals surface area contributed by atoms with Gasteiger partial charge in [0.15, 0.2) is 0 Å². The maximum atomic E-state index is 5.10. The highest BCUT2D eigenvalue weighted by atomic mass is 79.9. The first-order valence-corrected chi connectivity index (χ1v) is 7.04. The van der Waals surface area contributed by atoms with E-state index in [0.29, 0.717) is 5.92 Å². The molecule has 0 fully saturated rings. The fourth-order valence-electron chi connectivity index (χ4n) is 1.75. The van der Waals surface area contributed by atoms with Gasteiger partial charge in [-0.15, -0.1) is 0 Å². The van der Waals surface area contributed by atoms with E-state index < -0.39 is 0 Å². The molecule has 2 rings (SSSR count). The first-order valence-electron chi connectivity index (χ1n) is 5.12. The monoisotopic (exact) mass is 342 g/mol. The molecule has 0 bridgehead atoms. The van der Waals surface area contributed by atoms with Gasteiger partial charge in [-0.1, -0.05) is 50.1 Å². The normalized spacial score (nSPS) is 12.6. The second kappa shape index (κ2) is 5.69. The zero-order valence-corrected chi connectivity index (χ0v) is 11.9. The van der Waals surface area contributed by atoms with Gasteiger partial charge in [-0.25, -0.2) is 0 Å². The molecule has 0 aliphatic carbocycles. The van der Waals surface area contributed by atoms with Gasteiger partial charge in [0.2, 0.25) is 0 Å². The number of halogens is 2. The highest BCUT2D eigenvalue weighted by Crippen LogP contribution is 2.29. The summed E-state index contributed by atoms with van der Waals surface area (Å²) in [5, 5.41) is 0.945. The summed E-state index contributed by atoms with van der Waals surface area (Å²) in [5.74, 6) is 0.466. The van der Waals surface area contributed by atoms with Crippen LogP contribution in [0.3, 0.4) is 0 Å². The van der Waals surface area contributed by atoms with E-state index in [9.17, 15) is 0 Å². The van der Waals surface area contributed by atoms with E-state index >= 15 is 0 Å². The Morgan fingerprint density at radius 1 is 1.19 bits per heavy atom. The van der Waals surface area contributed by atoms with Crippen LogP contribution in [-0.2, 0) is 6.42 Å². The van der Waals surface area contributed by atoms with Gasteiger partial charge < -0.3 is 4.42 Å². The highest BCUT2D eigenvalue weighted by Gasteiger charge is 2.14. The fourth-order valence-corrected chi connectivity index (χ4v) is 2.93. The minimum Gasteiger partial charge on any atom is -0.472 e. The van der Waals surface area contributed by atoms with Gasteiger partial charge in [-0.2, -0.15) is 0 Å². The van der Waals surface area contributed by atoms with Gasteiger partial charge in [0, 0.05) is 9.80 Å². The van der Waals surface area contributed by atoms with Crippen LogP contribution >= 0.6 is 31.9 Å². The Bertz CT molecular complexity index is 437. The van der Waals surface area contributed by atoms with Crippen molar-refractivity contribution in [2.45, 2.75) is 12.3 Å². The van der Waals surface area contributed by atoms with Gasteiger partial charge in [-0.05, 0) is 35.6 Å². The number of hydrogen-bond donors (Lipinski definition) is 0. The molecule has 2 aromatic rings. The van der Waals surface area contributed by atoms with Crippen molar-refractivity contribution in [1.29, 1.82) is 0 Å². The Morgan fingerprint density at radius 2 is 2.00 bits per heavy atom. The predicted molar refractivity (Wildman–Crippen MR) is 73.1 cm³/mol. The Morgan fingerprint density at radius 3 is 2.62 bits per heavy atom. The summed E-state index contributed by atoms with van der Waals surface area (Å²) in [6.45, 7) is 0. The van der Waals surface area contributed by atoms with E-state index in [1.807, 2.05) is 18.4 Å². The molecule has 0 spiro atoms. The molecule has 0 N–H and O–H groups in total. The molecule has 1 aromatic heterocycles. The van der Waals surface area contributed by atoms with Crippen molar-refractivity contribution in [3.05, 3.63) is 58.5 Å². The summed E-state index contributed by atoms with van der Waals surface area (Å²) in [7, 11) is 0. The molecule has 0 radical (unpaired) electrons. The molecule has 1 nitrogen and oxygen atoms in total. The molecular formula is C13H12Br2O. The van der Waals surface area contributed by atoms with Crippen molar-refractivity contribution in [3.8, 4) is 0 Å². The van der Waals surface area contributed by atoms with Crippen LogP contribution < -0.4 is 0 Å². The molecule has 1 heterocycles. The van der Waals surface area contributed by atoms with Gasteiger partial charge >= 0.3 is 0 Å². The zero-order chi connectivity index (χ0) is 11.4. The molecule has 1 atom stereocenters. The van der Waals surface area contributed by atoms with E-state index in [1.54, 1.807) is 6.26 Å². The third kappa shape index (κ3) is 2.77. The van der Waals surface area contributed by atoms with E-state index in [2.05, 4.69) is 50.1 Å². The lowest BCUT2D eigenvalue weighted by molar-refractivity contribution is 0.562. The first kappa shape index (κ1) is 11.9. The summed E-state index contributed by atoms with van der Waals surface area (Å²) in [5.41, 5.74) is 2.57. The Balaban J connectivity index is 2.20. The molecule has 0 aliphatic heterocycles. The minimum atomic E-state index is 0.466. The maximum Gasteiger partial charge on any atom is 0.0934 e. The average Bonchev–Trinajstić information content (AvgIpc) is 2.80. The SMILES string of the molecule is BrCC(Cc1ccoc1)c1ccccc1Br. The van der Waals surface area contributed by atoms with E-state index in [4.69, 9.17) is 4.42 Å². The summed E-state index contributed by atoms with van der Waals surface area (Å²) in [6.07, 6.45) is 4.53. The molecule has 3 heteroatoms. The molecule has 0 saturated carbocycles. The zero-order valence-electron chi connectivity index (χ0n) is 8.70. The second-order valence-electron chi connectivity index (χ2n) is 3.71. The van der Waals surface area contributed by atoms with E-state index in [-0.39, 0.29) is 0 Å². The molecule has 16 heavy (non-hydrogen) atoms. The summed E-state index contributed by atoms with van der Waals surface area (Å²) < 4.78 is 6.27. The summed E-state index contributed by atoms with van der Waals surface area (Å²) in [4.78, 5) is 0. The van der Waals surface area contributed by atoms with Crippen LogP contribution in [0.5, 0.6) is 0 Å². The number of furan rings is 1. The Hall–Kier alpha value is -0.540. The summed E-state index contributed by atoms with van der Waals surface area (Å²) in [6, 6.07) is 10.4. The lowest BCUT2D eigenvalue weighted by Crippen LogP contribution is -2.04. The lowest BCUT2D eigenvalue weighted by Gasteiger charge is -2.15. The smallest absolute Gasteiger partial charge is 0.0934 e. The van der Waals surface area contributed by atoms with Gasteiger partial charge in [0.1, 0.15) is 0 Å². The average molecular weight is 344 g/mol. The molecule has 84 valence electrons. The minimum absolute atomic E-state index is 0.466. The van der Waals surface area contributed by atoms with Crippen molar-refractivity contribution < 1.29 is 4.42 Å². The van der Waals surface area contributed by atoms with Crippen molar-refractivity contribution in [1.82, 2.24) is 0 Å². The number of alkyl halides is 1. The van der Waals surface area contributed by atoms with Crippen LogP contribution in [0.25, 0.3) is 0 Å². The Labute approximate surface area is 112 Å². The van der Waals surface area contributed by atoms with Gasteiger partial charge in [-0.3, -0.25) is 0 Å². The fraction of sp³-hybridized carbons (Fsp3) is 0.231. The lowest BCUT2D eigenvalue weighted by atomic mass is 9.95. The van der Waals surface area contributed by atoms with E-state index in [1.165, 1.54) is 15.6 Å². The van der Waals surface area contributed by atoms with Crippen molar-refractivity contribution in [2.75, 3.05) is 5.33 Å². The highest BCUT2D eigenvalue weighted by molar-refractivity contribution is 9.10. The van der Waals surface area contributed by atoms with Gasteiger partial charge in [0.05, 0.1) is 12.5 Å². The largest absolute Gasteiger partial charge is 0.472 e. The maximum absolute atomic E-state index is 5.10. The molecule has 0 aliphatic rings. The third-order valence-electron chi connectivity index (χ3n) is 2.59. The molecule has 0 saturated heterocycles. The number of rotatable bonds is 4. The number of benzene rings is 1. The first-order chi connectivity index (χ1) is 7.81. The van der Waals surface area contributed by atoms with Crippen LogP contribution in [0.1, 0.15) is 17.0 Å². The molecule has 0 amide bonds. The summed E-state index contributed by atoms with van der Waals surface area (Å²) >= 11 is 7.18. The molecule has 1 unspecified atom stereocenters. The van der Waals surface area contributed by atoms with Crippen molar-refractivity contribution in [3.63, 3.8) is 0 Å². The van der Waals surface area contributed by atoms with Crippen LogP contribution in [0, 0.1) is 0 Å². The quantitative estimate of drug-likeness (QED) is 0.729. The van der Waals surface area contributed by atoms with E-state index in [0.717, 1.165) is 11.8 Å². The van der Waals surface area contributed by atoms with Crippen molar-refractivity contribution in [2.24, 2.45) is 0 Å². The third-order valence-corrected chi connectivity index (χ3v) is 4.10. The van der Waals surface area contributed by atoms with Crippen LogP contribution in [0.15, 0.2) is 51.7 Å². The Kier molecular flexibility index (Phi) is 4.24. The molecular weight excluding hydrogens is 332 g/mol. The topological polar surface area (TPSA) is 13.1 Å². The standard InChI is InChI=1S/C13H12Br2O/c14-8-11(7-10-5-6-16-9-10)12-3-1-2-4-13(12)15/h1-6,9,11H,7-8H2. The second-order valence-corrected chi connectivity index (χ2v) is 5.21. The predicted octanol–water partition coefficient (Wildman–Crippen LogP) is 4.76. The molecule has 1 aromatic carbocycles. The van der Waals surface area contributed by atoms with Gasteiger partial charge in [0.25, 0.3) is 0 Å². The van der Waals surface area contributed by atoms with Crippen LogP contribution in [0.2, 0.25) is 0 Å².